The van der Waals surface area contributed by atoms with Gasteiger partial charge in [0.25, 0.3) is 0 Å². The Morgan fingerprint density at radius 2 is 1.49 bits per heavy atom. The van der Waals surface area contributed by atoms with E-state index in [2.05, 4.69) is 10.6 Å². The van der Waals surface area contributed by atoms with Crippen molar-refractivity contribution in [3.05, 3.63) is 102 Å². The van der Waals surface area contributed by atoms with Gasteiger partial charge in [0.15, 0.2) is 0 Å². The van der Waals surface area contributed by atoms with Crippen LogP contribution in [0.2, 0.25) is 0 Å². The standard InChI is InChI=1S/C29H31ClN4O3/c1-21-20-33(17-18-34(21)29(37)31-24-15-9-4-10-16-24)28(36)25(19-22-11-5-2-6-12-22)32-27(35)26(30)23-13-7-3-8-14-23/h2-16,21,25-26H,17-20H2,1H3,(H,31,37)(H,32,35)/t21-,25+,26-/m1/s1. The second-order valence-electron chi connectivity index (χ2n) is 9.15. The summed E-state index contributed by atoms with van der Waals surface area (Å²) in [5.41, 5.74) is 2.32. The van der Waals surface area contributed by atoms with Crippen molar-refractivity contribution < 1.29 is 14.4 Å². The van der Waals surface area contributed by atoms with Gasteiger partial charge in [0, 0.05) is 37.8 Å². The first-order valence-corrected chi connectivity index (χ1v) is 12.8. The SMILES string of the molecule is C[C@@H]1CN(C(=O)[C@H](Cc2ccccc2)NC(=O)[C@H](Cl)c2ccccc2)CCN1C(=O)Nc1ccccc1. The Balaban J connectivity index is 1.43. The first kappa shape index (κ1) is 26.2. The number of amides is 4. The number of nitrogens with one attached hydrogen (secondary N) is 2. The lowest BCUT2D eigenvalue weighted by Gasteiger charge is -2.41. The summed E-state index contributed by atoms with van der Waals surface area (Å²) in [6.45, 7) is 3.04. The molecule has 192 valence electrons. The van der Waals surface area contributed by atoms with E-state index in [9.17, 15) is 14.4 Å². The third-order valence-electron chi connectivity index (χ3n) is 6.44. The van der Waals surface area contributed by atoms with Crippen LogP contribution in [0.4, 0.5) is 10.5 Å². The largest absolute Gasteiger partial charge is 0.342 e. The molecule has 3 aromatic rings. The highest BCUT2D eigenvalue weighted by molar-refractivity contribution is 6.31. The summed E-state index contributed by atoms with van der Waals surface area (Å²) in [7, 11) is 0. The van der Waals surface area contributed by atoms with E-state index in [1.807, 2.05) is 85.8 Å². The summed E-state index contributed by atoms with van der Waals surface area (Å²) in [6, 6.07) is 26.7. The van der Waals surface area contributed by atoms with Gasteiger partial charge >= 0.3 is 6.03 Å². The first-order valence-electron chi connectivity index (χ1n) is 12.4. The maximum atomic E-state index is 13.7. The second-order valence-corrected chi connectivity index (χ2v) is 9.58. The van der Waals surface area contributed by atoms with E-state index in [4.69, 9.17) is 11.6 Å². The first-order chi connectivity index (χ1) is 17.9. The minimum atomic E-state index is -0.912. The van der Waals surface area contributed by atoms with Crippen molar-refractivity contribution in [2.45, 2.75) is 30.8 Å². The van der Waals surface area contributed by atoms with Gasteiger partial charge in [-0.1, -0.05) is 78.9 Å². The summed E-state index contributed by atoms with van der Waals surface area (Å²) in [5.74, 6) is -0.611. The Hall–Kier alpha value is -3.84. The monoisotopic (exact) mass is 518 g/mol. The molecule has 4 rings (SSSR count). The van der Waals surface area contributed by atoms with Crippen LogP contribution in [0.25, 0.3) is 0 Å². The zero-order valence-electron chi connectivity index (χ0n) is 20.7. The number of nitrogens with zero attached hydrogens (tertiary/aromatic N) is 2. The fourth-order valence-electron chi connectivity index (χ4n) is 4.46. The van der Waals surface area contributed by atoms with Crippen molar-refractivity contribution in [2.75, 3.05) is 25.0 Å². The minimum Gasteiger partial charge on any atom is -0.342 e. The highest BCUT2D eigenvalue weighted by Gasteiger charge is 2.34. The summed E-state index contributed by atoms with van der Waals surface area (Å²) < 4.78 is 0. The van der Waals surface area contributed by atoms with Crippen LogP contribution in [-0.4, -0.2) is 59.4 Å². The van der Waals surface area contributed by atoms with Crippen LogP contribution in [0.3, 0.4) is 0 Å². The van der Waals surface area contributed by atoms with Crippen molar-refractivity contribution in [2.24, 2.45) is 0 Å². The van der Waals surface area contributed by atoms with E-state index in [-0.39, 0.29) is 18.0 Å². The number of rotatable bonds is 7. The molecular weight excluding hydrogens is 488 g/mol. The minimum absolute atomic E-state index is 0.191. The van der Waals surface area contributed by atoms with Gasteiger partial charge in [0.2, 0.25) is 11.8 Å². The number of piperazine rings is 1. The molecule has 4 amide bonds. The Bertz CT molecular complexity index is 1190. The Kier molecular flexibility index (Phi) is 8.80. The fourth-order valence-corrected chi connectivity index (χ4v) is 4.67. The van der Waals surface area contributed by atoms with E-state index in [0.29, 0.717) is 31.6 Å². The van der Waals surface area contributed by atoms with Crippen LogP contribution in [-0.2, 0) is 16.0 Å². The molecular formula is C29H31ClN4O3. The predicted octanol–water partition coefficient (Wildman–Crippen LogP) is 4.46. The molecule has 0 spiro atoms. The van der Waals surface area contributed by atoms with Gasteiger partial charge in [-0.05, 0) is 30.2 Å². The van der Waals surface area contributed by atoms with Crippen LogP contribution < -0.4 is 10.6 Å². The lowest BCUT2D eigenvalue weighted by Crippen LogP contribution is -2.60. The number of hydrogen-bond acceptors (Lipinski definition) is 3. The summed E-state index contributed by atoms with van der Waals surface area (Å²) >= 11 is 6.45. The Morgan fingerprint density at radius 3 is 2.11 bits per heavy atom. The molecule has 3 aromatic carbocycles. The van der Waals surface area contributed by atoms with Crippen LogP contribution in [0.5, 0.6) is 0 Å². The number of hydrogen-bond donors (Lipinski definition) is 2. The molecule has 1 aliphatic heterocycles. The fraction of sp³-hybridized carbons (Fsp3) is 0.276. The molecule has 0 radical (unpaired) electrons. The smallest absolute Gasteiger partial charge is 0.322 e. The van der Waals surface area contributed by atoms with Gasteiger partial charge in [-0.15, -0.1) is 11.6 Å². The predicted molar refractivity (Wildman–Crippen MR) is 145 cm³/mol. The quantitative estimate of drug-likeness (QED) is 0.453. The summed E-state index contributed by atoms with van der Waals surface area (Å²) in [4.78, 5) is 43.0. The molecule has 7 nitrogen and oxygen atoms in total. The lowest BCUT2D eigenvalue weighted by atomic mass is 10.0. The van der Waals surface area contributed by atoms with Gasteiger partial charge in [0.05, 0.1) is 0 Å². The van der Waals surface area contributed by atoms with Gasteiger partial charge in [-0.2, -0.15) is 0 Å². The third kappa shape index (κ3) is 6.89. The maximum Gasteiger partial charge on any atom is 0.322 e. The third-order valence-corrected chi connectivity index (χ3v) is 6.89. The van der Waals surface area contributed by atoms with Gasteiger partial charge in [-0.3, -0.25) is 9.59 Å². The number of urea groups is 1. The lowest BCUT2D eigenvalue weighted by molar-refractivity contribution is -0.138. The van der Waals surface area contributed by atoms with E-state index in [0.717, 1.165) is 11.3 Å². The van der Waals surface area contributed by atoms with Crippen LogP contribution in [0.1, 0.15) is 23.4 Å². The molecule has 0 saturated carbocycles. The molecule has 1 fully saturated rings. The van der Waals surface area contributed by atoms with Gasteiger partial charge < -0.3 is 20.4 Å². The molecule has 0 unspecified atom stereocenters. The van der Waals surface area contributed by atoms with Crippen LogP contribution in [0.15, 0.2) is 91.0 Å². The topological polar surface area (TPSA) is 81.8 Å². The van der Waals surface area contributed by atoms with Crippen molar-refractivity contribution in [3.63, 3.8) is 0 Å². The highest BCUT2D eigenvalue weighted by Crippen LogP contribution is 2.21. The Morgan fingerprint density at radius 1 is 0.892 bits per heavy atom. The molecule has 3 atom stereocenters. The molecule has 0 bridgehead atoms. The van der Waals surface area contributed by atoms with Crippen molar-refractivity contribution >= 4 is 35.1 Å². The molecule has 1 heterocycles. The number of halogens is 1. The van der Waals surface area contributed by atoms with Crippen molar-refractivity contribution in [3.8, 4) is 0 Å². The molecule has 8 heteroatoms. The summed E-state index contributed by atoms with van der Waals surface area (Å²) in [5, 5.41) is 4.88. The second kappa shape index (κ2) is 12.4. The molecule has 2 N–H and O–H groups in total. The number of carbonyl (C=O) groups excluding carboxylic acids is 3. The molecule has 37 heavy (non-hydrogen) atoms. The molecule has 0 aromatic heterocycles. The zero-order chi connectivity index (χ0) is 26.2. The highest BCUT2D eigenvalue weighted by atomic mass is 35.5. The van der Waals surface area contributed by atoms with Gasteiger partial charge in [-0.25, -0.2) is 4.79 Å². The average molecular weight is 519 g/mol. The molecule has 1 aliphatic rings. The average Bonchev–Trinajstić information content (AvgIpc) is 2.93. The maximum absolute atomic E-state index is 13.7. The molecule has 1 saturated heterocycles. The van der Waals surface area contributed by atoms with Crippen LogP contribution >= 0.6 is 11.6 Å². The number of anilines is 1. The zero-order valence-corrected chi connectivity index (χ0v) is 21.5. The normalized spacial score (nSPS) is 17.0. The number of benzene rings is 3. The van der Waals surface area contributed by atoms with E-state index in [1.54, 1.807) is 21.9 Å². The molecule has 0 aliphatic carbocycles. The Labute approximate surface area is 222 Å². The van der Waals surface area contributed by atoms with Crippen molar-refractivity contribution in [1.82, 2.24) is 15.1 Å². The van der Waals surface area contributed by atoms with Gasteiger partial charge in [0.1, 0.15) is 11.4 Å². The van der Waals surface area contributed by atoms with Crippen LogP contribution in [0, 0.1) is 0 Å². The van der Waals surface area contributed by atoms with E-state index >= 15 is 0 Å². The van der Waals surface area contributed by atoms with Crippen molar-refractivity contribution in [1.29, 1.82) is 0 Å². The summed E-state index contributed by atoms with van der Waals surface area (Å²) in [6.07, 6.45) is 0.340. The number of para-hydroxylation sites is 1. The number of alkyl halides is 1. The number of carbonyl (C=O) groups is 3. The van der Waals surface area contributed by atoms with E-state index < -0.39 is 17.3 Å². The van der Waals surface area contributed by atoms with E-state index in [1.165, 1.54) is 0 Å².